The number of halogens is 6. The maximum atomic E-state index is 12.4. The van der Waals surface area contributed by atoms with Gasteiger partial charge in [-0.05, 0) is 0 Å². The summed E-state index contributed by atoms with van der Waals surface area (Å²) in [6.07, 6.45) is 0. The molecule has 0 radical (unpaired) electrons. The average molecular weight is 399 g/mol. The van der Waals surface area contributed by atoms with E-state index in [4.69, 9.17) is 0 Å². The Balaban J connectivity index is 5.85. The Morgan fingerprint density at radius 2 is 1.18 bits per heavy atom. The maximum Gasteiger partial charge on any atom is 0.512 e. The third-order valence-corrected chi connectivity index (χ3v) is 7.76. The zero-order valence-corrected chi connectivity index (χ0v) is 13.8. The Hall–Kier alpha value is -0.423. The molecule has 0 aromatic rings. The lowest BCUT2D eigenvalue weighted by atomic mass is 10.8. The van der Waals surface area contributed by atoms with E-state index in [1.165, 1.54) is 0 Å². The van der Waals surface area contributed by atoms with E-state index in [-0.39, 0.29) is 0 Å². The van der Waals surface area contributed by atoms with Crippen molar-refractivity contribution in [2.45, 2.75) is 17.1 Å². The summed E-state index contributed by atoms with van der Waals surface area (Å²) < 4.78 is 126. The van der Waals surface area contributed by atoms with Crippen LogP contribution in [-0.4, -0.2) is 61.6 Å². The predicted molar refractivity (Wildman–Crippen MR) is 62.6 cm³/mol. The molecule has 0 aromatic heterocycles. The van der Waals surface area contributed by atoms with E-state index in [1.54, 1.807) is 0 Å². The van der Waals surface area contributed by atoms with E-state index in [0.717, 1.165) is 14.2 Å². The minimum Gasteiger partial charge on any atom is -0.400 e. The van der Waals surface area contributed by atoms with Crippen LogP contribution < -0.4 is 0 Å². The van der Waals surface area contributed by atoms with Crippen molar-refractivity contribution < 1.29 is 52.0 Å². The van der Waals surface area contributed by atoms with Gasteiger partial charge in [0.25, 0.3) is 0 Å². The van der Waals surface area contributed by atoms with Crippen molar-refractivity contribution >= 4 is 29.3 Å². The van der Waals surface area contributed by atoms with Gasteiger partial charge in [-0.2, -0.15) is 26.3 Å². The molecule has 0 N–H and O–H groups in total. The molecular weight excluding hydrogens is 388 g/mol. The third-order valence-electron chi connectivity index (χ3n) is 2.19. The first-order valence-electron chi connectivity index (χ1n) is 5.09. The molecule has 0 unspecified atom stereocenters. The average Bonchev–Trinajstić information content (AvgIpc) is 2.31. The summed E-state index contributed by atoms with van der Waals surface area (Å²) in [4.78, 5) is 0. The molecule has 0 aliphatic rings. The number of hydrogen-bond donors (Lipinski definition) is 0. The van der Waals surface area contributed by atoms with E-state index >= 15 is 0 Å². The van der Waals surface area contributed by atoms with Gasteiger partial charge in [0.1, 0.15) is 0 Å². The Labute approximate surface area is 123 Å². The number of nitrogens with zero attached hydrogens (tertiary/aromatic N) is 1. The largest absolute Gasteiger partial charge is 0.512 e. The molecule has 134 valence electrons. The van der Waals surface area contributed by atoms with Gasteiger partial charge in [0.15, 0.2) is 0 Å². The molecule has 0 heterocycles. The summed E-state index contributed by atoms with van der Waals surface area (Å²) >= 11 is 0. The number of rotatable bonds is 7. The van der Waals surface area contributed by atoms with E-state index in [1.807, 2.05) is 0 Å². The van der Waals surface area contributed by atoms with Crippen LogP contribution in [0, 0.1) is 0 Å². The summed E-state index contributed by atoms with van der Waals surface area (Å²) in [6, 6.07) is -0.752. The van der Waals surface area contributed by atoms with Crippen molar-refractivity contribution in [3.63, 3.8) is 0 Å². The molecule has 22 heavy (non-hydrogen) atoms. The standard InChI is InChI=1S/C6H11F6NO6S2Si/c1-18-22(19-2)4-3-13(20(14,15)5(7,8)9)21(16,17)6(10,11)12/h22H,3-4H2,1-2H3. The number of sulfonamides is 2. The van der Waals surface area contributed by atoms with Crippen molar-refractivity contribution in [2.75, 3.05) is 20.8 Å². The highest BCUT2D eigenvalue weighted by Gasteiger charge is 2.61. The Kier molecular flexibility index (Phi) is 6.86. The topological polar surface area (TPSA) is 90.0 Å². The second-order valence-corrected chi connectivity index (χ2v) is 9.91. The zero-order chi connectivity index (χ0) is 18.0. The fourth-order valence-electron chi connectivity index (χ4n) is 1.14. The fourth-order valence-corrected chi connectivity index (χ4v) is 5.34. The smallest absolute Gasteiger partial charge is 0.400 e. The molecule has 0 fully saturated rings. The monoisotopic (exact) mass is 399 g/mol. The molecule has 0 saturated carbocycles. The Morgan fingerprint density at radius 3 is 1.41 bits per heavy atom. The summed E-state index contributed by atoms with van der Waals surface area (Å²) in [5, 5.41) is 0. The van der Waals surface area contributed by atoms with Crippen LogP contribution in [0.4, 0.5) is 26.3 Å². The minimum absolute atomic E-state index is 0.752. The number of alkyl halides is 6. The van der Waals surface area contributed by atoms with Crippen LogP contribution in [-0.2, 0) is 28.9 Å². The molecule has 7 nitrogen and oxygen atoms in total. The highest BCUT2D eigenvalue weighted by Crippen LogP contribution is 2.35. The van der Waals surface area contributed by atoms with Crippen LogP contribution in [0.25, 0.3) is 0 Å². The van der Waals surface area contributed by atoms with Crippen molar-refractivity contribution in [1.82, 2.24) is 3.71 Å². The van der Waals surface area contributed by atoms with E-state index in [9.17, 15) is 43.2 Å². The van der Waals surface area contributed by atoms with Crippen LogP contribution in [0.5, 0.6) is 0 Å². The highest BCUT2D eigenvalue weighted by molar-refractivity contribution is 8.04. The van der Waals surface area contributed by atoms with Gasteiger partial charge in [0.05, 0.1) is 0 Å². The van der Waals surface area contributed by atoms with E-state index in [2.05, 4.69) is 8.85 Å². The van der Waals surface area contributed by atoms with Crippen molar-refractivity contribution in [1.29, 1.82) is 0 Å². The first-order chi connectivity index (χ1) is 9.62. The third kappa shape index (κ3) is 4.54. The van der Waals surface area contributed by atoms with Gasteiger partial charge < -0.3 is 8.85 Å². The van der Waals surface area contributed by atoms with Crippen LogP contribution >= 0.6 is 0 Å². The van der Waals surface area contributed by atoms with Crippen LogP contribution in [0.15, 0.2) is 0 Å². The minimum atomic E-state index is -6.75. The summed E-state index contributed by atoms with van der Waals surface area (Å²) in [5.74, 6) is 0. The first kappa shape index (κ1) is 21.6. The lowest BCUT2D eigenvalue weighted by molar-refractivity contribution is -0.0530. The molecule has 0 spiro atoms. The van der Waals surface area contributed by atoms with Gasteiger partial charge in [-0.25, -0.2) is 16.8 Å². The fraction of sp³-hybridized carbons (Fsp3) is 1.00. The molecule has 0 aliphatic heterocycles. The van der Waals surface area contributed by atoms with Gasteiger partial charge in [0.2, 0.25) is 0 Å². The van der Waals surface area contributed by atoms with Crippen LogP contribution in [0.1, 0.15) is 0 Å². The van der Waals surface area contributed by atoms with Crippen molar-refractivity contribution in [3.05, 3.63) is 0 Å². The Bertz CT molecular complexity index is 523. The lowest BCUT2D eigenvalue weighted by Gasteiger charge is -2.24. The lowest BCUT2D eigenvalue weighted by Crippen LogP contribution is -2.50. The normalized spacial score (nSPS) is 14.8. The van der Waals surface area contributed by atoms with Gasteiger partial charge in [-0.1, -0.05) is 3.71 Å². The quantitative estimate of drug-likeness (QED) is 0.458. The number of hydrogen-bond acceptors (Lipinski definition) is 6. The summed E-state index contributed by atoms with van der Waals surface area (Å²) in [6.45, 7) is -1.61. The molecule has 0 amide bonds. The molecule has 0 aromatic carbocycles. The van der Waals surface area contributed by atoms with E-state index in [0.29, 0.717) is 0 Å². The molecule has 0 aliphatic carbocycles. The molecule has 0 atom stereocenters. The van der Waals surface area contributed by atoms with Gasteiger partial charge in [0, 0.05) is 26.8 Å². The van der Waals surface area contributed by atoms with Crippen molar-refractivity contribution in [2.24, 2.45) is 0 Å². The molecule has 0 saturated heterocycles. The SMILES string of the molecule is CO[SiH](CCN(S(=O)(=O)C(F)(F)F)S(=O)(=O)C(F)(F)F)OC. The summed E-state index contributed by atoms with van der Waals surface area (Å²) in [7, 11) is -14.3. The van der Waals surface area contributed by atoms with Gasteiger partial charge in [-0.15, -0.1) is 0 Å². The molecular formula is C6H11F6NO6S2Si. The van der Waals surface area contributed by atoms with E-state index < -0.39 is 56.6 Å². The molecule has 0 rings (SSSR count). The van der Waals surface area contributed by atoms with Crippen LogP contribution in [0.2, 0.25) is 6.04 Å². The molecule has 0 bridgehead atoms. The first-order valence-corrected chi connectivity index (χ1v) is 9.73. The van der Waals surface area contributed by atoms with Crippen LogP contribution in [0.3, 0.4) is 0 Å². The Morgan fingerprint density at radius 1 is 0.864 bits per heavy atom. The second kappa shape index (κ2) is 6.99. The van der Waals surface area contributed by atoms with Gasteiger partial charge in [-0.3, -0.25) is 0 Å². The van der Waals surface area contributed by atoms with Crippen molar-refractivity contribution in [3.8, 4) is 0 Å². The van der Waals surface area contributed by atoms with Gasteiger partial charge >= 0.3 is 40.3 Å². The predicted octanol–water partition coefficient (Wildman–Crippen LogP) is 0.501. The molecule has 16 heteroatoms. The zero-order valence-electron chi connectivity index (χ0n) is 11.0. The second-order valence-electron chi connectivity index (χ2n) is 3.59. The highest BCUT2D eigenvalue weighted by atomic mass is 32.3. The maximum absolute atomic E-state index is 12.4. The summed E-state index contributed by atoms with van der Waals surface area (Å²) in [5.41, 5.74) is -12.4.